The lowest BCUT2D eigenvalue weighted by atomic mass is 10.1. The zero-order valence-corrected chi connectivity index (χ0v) is 11.2. The van der Waals surface area contributed by atoms with Gasteiger partial charge in [0.05, 0.1) is 5.56 Å². The first-order chi connectivity index (χ1) is 9.88. The third-order valence-corrected chi connectivity index (χ3v) is 2.99. The molecule has 0 heterocycles. The Morgan fingerprint density at radius 3 is 2.43 bits per heavy atom. The lowest BCUT2D eigenvalue weighted by Crippen LogP contribution is -2.27. The molecule has 1 amide bonds. The highest BCUT2D eigenvalue weighted by Gasteiger charge is 2.17. The average Bonchev–Trinajstić information content (AvgIpc) is 2.41. The SMILES string of the molecule is CN(Cc1ccc(F)cc1F)C(=O)c1ccc(N)cc1F. The molecule has 2 aromatic carbocycles. The zero-order chi connectivity index (χ0) is 15.6. The van der Waals surface area contributed by atoms with E-state index in [2.05, 4.69) is 0 Å². The van der Waals surface area contributed by atoms with Crippen LogP contribution >= 0.6 is 0 Å². The van der Waals surface area contributed by atoms with Crippen molar-refractivity contribution in [2.45, 2.75) is 6.54 Å². The third-order valence-electron chi connectivity index (χ3n) is 2.99. The predicted molar refractivity (Wildman–Crippen MR) is 73.0 cm³/mol. The van der Waals surface area contributed by atoms with E-state index in [0.717, 1.165) is 23.1 Å². The molecule has 0 spiro atoms. The Bertz CT molecular complexity index is 689. The number of hydrogen-bond donors (Lipinski definition) is 1. The van der Waals surface area contributed by atoms with Gasteiger partial charge in [-0.3, -0.25) is 4.79 Å². The van der Waals surface area contributed by atoms with Gasteiger partial charge in [0.2, 0.25) is 0 Å². The molecule has 0 saturated heterocycles. The summed E-state index contributed by atoms with van der Waals surface area (Å²) < 4.78 is 40.0. The summed E-state index contributed by atoms with van der Waals surface area (Å²) in [5.41, 5.74) is 5.60. The van der Waals surface area contributed by atoms with E-state index in [1.54, 1.807) is 0 Å². The van der Waals surface area contributed by atoms with Crippen molar-refractivity contribution < 1.29 is 18.0 Å². The molecule has 0 aliphatic rings. The first-order valence-electron chi connectivity index (χ1n) is 6.13. The Hall–Kier alpha value is -2.50. The molecular formula is C15H13F3N2O. The Labute approximate surface area is 119 Å². The van der Waals surface area contributed by atoms with Crippen molar-refractivity contribution in [1.29, 1.82) is 0 Å². The molecule has 0 fully saturated rings. The van der Waals surface area contributed by atoms with Gasteiger partial charge in [0.25, 0.3) is 5.91 Å². The van der Waals surface area contributed by atoms with Crippen LogP contribution in [0.5, 0.6) is 0 Å². The van der Waals surface area contributed by atoms with E-state index in [0.29, 0.717) is 0 Å². The van der Waals surface area contributed by atoms with Gasteiger partial charge >= 0.3 is 0 Å². The highest BCUT2D eigenvalue weighted by Crippen LogP contribution is 2.16. The molecule has 0 aliphatic heterocycles. The number of nitrogen functional groups attached to an aromatic ring is 1. The number of rotatable bonds is 3. The summed E-state index contributed by atoms with van der Waals surface area (Å²) in [6, 6.07) is 6.79. The van der Waals surface area contributed by atoms with Gasteiger partial charge in [0, 0.05) is 30.9 Å². The van der Waals surface area contributed by atoms with Gasteiger partial charge in [0.15, 0.2) is 0 Å². The molecule has 0 unspecified atom stereocenters. The molecule has 0 saturated carbocycles. The van der Waals surface area contributed by atoms with Crippen LogP contribution in [0, 0.1) is 17.5 Å². The monoisotopic (exact) mass is 294 g/mol. The molecule has 0 radical (unpaired) electrons. The number of anilines is 1. The first-order valence-corrected chi connectivity index (χ1v) is 6.13. The minimum absolute atomic E-state index is 0.102. The number of halogens is 3. The maximum Gasteiger partial charge on any atom is 0.256 e. The van der Waals surface area contributed by atoms with Crippen LogP contribution in [0.15, 0.2) is 36.4 Å². The van der Waals surface area contributed by atoms with E-state index in [-0.39, 0.29) is 23.4 Å². The van der Waals surface area contributed by atoms with E-state index in [1.807, 2.05) is 0 Å². The van der Waals surface area contributed by atoms with Crippen LogP contribution in [0.25, 0.3) is 0 Å². The van der Waals surface area contributed by atoms with E-state index in [9.17, 15) is 18.0 Å². The second-order valence-electron chi connectivity index (χ2n) is 4.64. The van der Waals surface area contributed by atoms with Crippen LogP contribution in [-0.2, 0) is 6.54 Å². The van der Waals surface area contributed by atoms with Crippen molar-refractivity contribution in [3.05, 3.63) is 65.0 Å². The van der Waals surface area contributed by atoms with Crippen molar-refractivity contribution in [1.82, 2.24) is 4.90 Å². The van der Waals surface area contributed by atoms with E-state index in [1.165, 1.54) is 25.2 Å². The topological polar surface area (TPSA) is 46.3 Å². The molecule has 0 atom stereocenters. The number of nitrogens with zero attached hydrogens (tertiary/aromatic N) is 1. The van der Waals surface area contributed by atoms with Crippen molar-refractivity contribution >= 4 is 11.6 Å². The lowest BCUT2D eigenvalue weighted by Gasteiger charge is -2.18. The van der Waals surface area contributed by atoms with Crippen molar-refractivity contribution in [2.75, 3.05) is 12.8 Å². The summed E-state index contributed by atoms with van der Waals surface area (Å²) in [6.07, 6.45) is 0. The number of benzene rings is 2. The molecule has 3 nitrogen and oxygen atoms in total. The summed E-state index contributed by atoms with van der Waals surface area (Å²) in [6.45, 7) is -0.102. The number of amides is 1. The maximum atomic E-state index is 13.7. The highest BCUT2D eigenvalue weighted by molar-refractivity contribution is 5.94. The molecule has 0 aromatic heterocycles. The van der Waals surface area contributed by atoms with Crippen LogP contribution in [0.3, 0.4) is 0 Å². The van der Waals surface area contributed by atoms with E-state index >= 15 is 0 Å². The van der Waals surface area contributed by atoms with Crippen molar-refractivity contribution in [3.63, 3.8) is 0 Å². The van der Waals surface area contributed by atoms with Gasteiger partial charge in [-0.2, -0.15) is 0 Å². The fourth-order valence-corrected chi connectivity index (χ4v) is 1.89. The fourth-order valence-electron chi connectivity index (χ4n) is 1.89. The average molecular weight is 294 g/mol. The molecule has 2 aromatic rings. The smallest absolute Gasteiger partial charge is 0.256 e. The summed E-state index contributed by atoms with van der Waals surface area (Å²) in [5.74, 6) is -2.81. The Balaban J connectivity index is 2.19. The molecule has 2 N–H and O–H groups in total. The lowest BCUT2D eigenvalue weighted by molar-refractivity contribution is 0.0779. The number of carbonyl (C=O) groups excluding carboxylic acids is 1. The molecule has 110 valence electrons. The van der Waals surface area contributed by atoms with E-state index < -0.39 is 23.4 Å². The molecular weight excluding hydrogens is 281 g/mol. The predicted octanol–water partition coefficient (Wildman–Crippen LogP) is 2.96. The minimum Gasteiger partial charge on any atom is -0.399 e. The van der Waals surface area contributed by atoms with Gasteiger partial charge in [0.1, 0.15) is 17.5 Å². The Morgan fingerprint density at radius 2 is 1.81 bits per heavy atom. The number of carbonyl (C=O) groups is 1. The Morgan fingerprint density at radius 1 is 1.10 bits per heavy atom. The first kappa shape index (κ1) is 14.9. The number of nitrogens with two attached hydrogens (primary N) is 1. The summed E-state index contributed by atoms with van der Waals surface area (Å²) in [7, 11) is 1.40. The molecule has 21 heavy (non-hydrogen) atoms. The van der Waals surface area contributed by atoms with Crippen molar-refractivity contribution in [2.24, 2.45) is 0 Å². The fraction of sp³-hybridized carbons (Fsp3) is 0.133. The number of hydrogen-bond acceptors (Lipinski definition) is 2. The second kappa shape index (κ2) is 5.87. The molecule has 2 rings (SSSR count). The zero-order valence-electron chi connectivity index (χ0n) is 11.2. The third kappa shape index (κ3) is 3.34. The van der Waals surface area contributed by atoms with Gasteiger partial charge < -0.3 is 10.6 Å². The largest absolute Gasteiger partial charge is 0.399 e. The van der Waals surface area contributed by atoms with Gasteiger partial charge in [-0.1, -0.05) is 6.07 Å². The normalized spacial score (nSPS) is 10.5. The van der Waals surface area contributed by atoms with Crippen LogP contribution in [0.4, 0.5) is 18.9 Å². The summed E-state index contributed by atoms with van der Waals surface area (Å²) >= 11 is 0. The summed E-state index contributed by atoms with van der Waals surface area (Å²) in [4.78, 5) is 13.3. The van der Waals surface area contributed by atoms with E-state index in [4.69, 9.17) is 5.73 Å². The Kier molecular flexibility index (Phi) is 4.16. The van der Waals surface area contributed by atoms with Crippen LogP contribution in [-0.4, -0.2) is 17.9 Å². The van der Waals surface area contributed by atoms with Crippen molar-refractivity contribution in [3.8, 4) is 0 Å². The maximum absolute atomic E-state index is 13.7. The van der Waals surface area contributed by atoms with Gasteiger partial charge in [-0.15, -0.1) is 0 Å². The molecule has 0 aliphatic carbocycles. The minimum atomic E-state index is -0.757. The molecule has 0 bridgehead atoms. The standard InChI is InChI=1S/C15H13F3N2O/c1-20(8-9-2-3-10(16)6-13(9)17)15(21)12-5-4-11(19)7-14(12)18/h2-7H,8,19H2,1H3. The van der Waals surface area contributed by atoms with Crippen LogP contribution < -0.4 is 5.73 Å². The summed E-state index contributed by atoms with van der Waals surface area (Å²) in [5, 5.41) is 0. The quantitative estimate of drug-likeness (QED) is 0.885. The van der Waals surface area contributed by atoms with Crippen LogP contribution in [0.1, 0.15) is 15.9 Å². The van der Waals surface area contributed by atoms with Gasteiger partial charge in [-0.05, 0) is 24.3 Å². The van der Waals surface area contributed by atoms with Crippen LogP contribution in [0.2, 0.25) is 0 Å². The molecule has 6 heteroatoms. The highest BCUT2D eigenvalue weighted by atomic mass is 19.1. The second-order valence-corrected chi connectivity index (χ2v) is 4.64. The van der Waals surface area contributed by atoms with Gasteiger partial charge in [-0.25, -0.2) is 13.2 Å².